The van der Waals surface area contributed by atoms with E-state index in [0.29, 0.717) is 58.3 Å². The zero-order valence-corrected chi connectivity index (χ0v) is 33.0. The van der Waals surface area contributed by atoms with E-state index in [2.05, 4.69) is 15.4 Å². The van der Waals surface area contributed by atoms with Crippen molar-refractivity contribution in [3.05, 3.63) is 46.4 Å². The molecule has 3 aromatic rings. The fourth-order valence-electron chi connectivity index (χ4n) is 7.47. The van der Waals surface area contributed by atoms with Crippen LogP contribution in [0.4, 0.5) is 0 Å². The molecule has 17 heteroatoms. The number of nitrogens with two attached hydrogens (primary N) is 1. The molecule has 290 valence electrons. The number of benzene rings is 1. The van der Waals surface area contributed by atoms with Gasteiger partial charge >= 0.3 is 0 Å². The second-order valence-electron chi connectivity index (χ2n) is 14.9. The summed E-state index contributed by atoms with van der Waals surface area (Å²) in [6, 6.07) is 3.51. The number of carbonyl (C=O) groups is 3. The standard InChI is InChI=1S/C37H43ClN6O7S2.ClH/c1-50-29-14-13-24-30(16-26(40-32(24)31(29)38)34-41-27(19-52-34)20-9-10-20)51-22-15-28-33(45)42-37(36(47)43-53(48,49)23-11-12-23)17-21(37)7-5-3-2-4-6-8-25(39)35(46)44(28)18-22;/h5,7,13-14,16,19-23,25,28H,2-4,6,8-12,15,17-18,39H2,1H3,(H,42,45)(H,43,47);1H/b7-5-;/t21-,22-,25+,28+,37-;/m1./s1. The number of nitrogens with zero attached hydrogens (tertiary/aromatic N) is 3. The van der Waals surface area contributed by atoms with E-state index in [1.54, 1.807) is 6.07 Å². The number of carbonyl (C=O) groups excluding carboxylic acids is 3. The molecule has 1 saturated heterocycles. The molecule has 5 aliphatic rings. The number of rotatable bonds is 8. The van der Waals surface area contributed by atoms with Crippen LogP contribution in [0.1, 0.15) is 82.2 Å². The molecule has 0 radical (unpaired) electrons. The number of methoxy groups -OCH3 is 1. The average Bonchev–Trinajstić information content (AvgIpc) is 4.09. The highest BCUT2D eigenvalue weighted by molar-refractivity contribution is 7.91. The molecule has 3 amide bonds. The quantitative estimate of drug-likeness (QED) is 0.262. The number of fused-ring (bicyclic) bond motifs is 3. The van der Waals surface area contributed by atoms with E-state index in [0.717, 1.165) is 49.2 Å². The molecule has 4 fully saturated rings. The van der Waals surface area contributed by atoms with Crippen LogP contribution in [-0.2, 0) is 24.4 Å². The first-order chi connectivity index (χ1) is 25.5. The highest BCUT2D eigenvalue weighted by Crippen LogP contribution is 2.47. The van der Waals surface area contributed by atoms with Gasteiger partial charge in [-0.15, -0.1) is 23.7 Å². The summed E-state index contributed by atoms with van der Waals surface area (Å²) in [6.07, 6.45) is 10.5. The van der Waals surface area contributed by atoms with Crippen LogP contribution in [0.3, 0.4) is 0 Å². The van der Waals surface area contributed by atoms with Gasteiger partial charge in [0.1, 0.15) is 44.9 Å². The summed E-state index contributed by atoms with van der Waals surface area (Å²) in [5.41, 5.74) is 7.08. The Morgan fingerprint density at radius 3 is 2.65 bits per heavy atom. The van der Waals surface area contributed by atoms with Crippen molar-refractivity contribution in [2.45, 2.75) is 106 Å². The van der Waals surface area contributed by atoms with Crippen LogP contribution in [0, 0.1) is 5.92 Å². The minimum Gasteiger partial charge on any atom is -0.495 e. The second kappa shape index (κ2) is 15.2. The molecule has 0 bridgehead atoms. The van der Waals surface area contributed by atoms with Crippen LogP contribution in [0.2, 0.25) is 5.02 Å². The van der Waals surface area contributed by atoms with Crippen LogP contribution in [0.15, 0.2) is 35.7 Å². The minimum absolute atomic E-state index is 0. The van der Waals surface area contributed by atoms with E-state index in [1.165, 1.54) is 23.3 Å². The van der Waals surface area contributed by atoms with Gasteiger partial charge in [0.25, 0.3) is 5.91 Å². The molecular weight excluding hydrogens is 775 g/mol. The van der Waals surface area contributed by atoms with E-state index >= 15 is 0 Å². The van der Waals surface area contributed by atoms with Gasteiger partial charge in [-0.05, 0) is 63.5 Å². The van der Waals surface area contributed by atoms with E-state index < -0.39 is 50.8 Å². The lowest BCUT2D eigenvalue weighted by atomic mass is 10.1. The predicted molar refractivity (Wildman–Crippen MR) is 207 cm³/mol. The summed E-state index contributed by atoms with van der Waals surface area (Å²) < 4.78 is 40.0. The topological polar surface area (TPSA) is 183 Å². The fraction of sp³-hybridized carbons (Fsp3) is 0.541. The molecule has 2 aliphatic heterocycles. The van der Waals surface area contributed by atoms with Gasteiger partial charge in [0.2, 0.25) is 21.8 Å². The average molecular weight is 820 g/mol. The van der Waals surface area contributed by atoms with Crippen LogP contribution < -0.4 is 25.2 Å². The van der Waals surface area contributed by atoms with Gasteiger partial charge < -0.3 is 25.4 Å². The Bertz CT molecular complexity index is 2110. The van der Waals surface area contributed by atoms with Gasteiger partial charge in [-0.1, -0.05) is 36.6 Å². The number of aromatic nitrogens is 2. The Balaban J connectivity index is 0.00000450. The number of amides is 3. The van der Waals surface area contributed by atoms with Gasteiger partial charge in [0.15, 0.2) is 0 Å². The molecular formula is C37H44Cl2N6O7S2. The largest absolute Gasteiger partial charge is 0.495 e. The molecule has 1 aromatic carbocycles. The fourth-order valence-corrected chi connectivity index (χ4v) is 9.97. The number of hydrogen-bond acceptors (Lipinski definition) is 11. The Kier molecular flexibility index (Phi) is 10.9. The Morgan fingerprint density at radius 1 is 1.11 bits per heavy atom. The lowest BCUT2D eigenvalue weighted by Crippen LogP contribution is -2.57. The number of sulfonamides is 1. The van der Waals surface area contributed by atoms with E-state index in [9.17, 15) is 22.8 Å². The zero-order chi connectivity index (χ0) is 37.1. The van der Waals surface area contributed by atoms with Crippen LogP contribution >= 0.6 is 35.3 Å². The van der Waals surface area contributed by atoms with Gasteiger partial charge in [0.05, 0.1) is 36.2 Å². The molecule has 0 unspecified atom stereocenters. The lowest BCUT2D eigenvalue weighted by Gasteiger charge is -2.28. The zero-order valence-electron chi connectivity index (χ0n) is 29.8. The first kappa shape index (κ1) is 38.8. The monoisotopic (exact) mass is 818 g/mol. The number of ether oxygens (including phenoxy) is 2. The van der Waals surface area contributed by atoms with E-state index in [-0.39, 0.29) is 43.6 Å². The molecule has 3 saturated carbocycles. The number of halogens is 2. The summed E-state index contributed by atoms with van der Waals surface area (Å²) in [5.74, 6) is -0.718. The first-order valence-electron chi connectivity index (χ1n) is 18.4. The highest BCUT2D eigenvalue weighted by atomic mass is 35.5. The maximum Gasteiger partial charge on any atom is 0.259 e. The SMILES string of the molecule is COc1ccc2c(O[C@@H]3C[C@H]4C(=O)N[C@]5(C(=O)NS(=O)(=O)C6CC6)C[C@H]5/C=C\CCCCC[C@H](N)C(=O)N4C3)cc(-c3nc(C4CC4)cs3)nc2c1Cl.Cl. The molecule has 3 aliphatic carbocycles. The van der Waals surface area contributed by atoms with E-state index in [1.807, 2.05) is 24.3 Å². The van der Waals surface area contributed by atoms with Crippen molar-refractivity contribution in [2.75, 3.05) is 13.7 Å². The van der Waals surface area contributed by atoms with Crippen molar-refractivity contribution in [3.63, 3.8) is 0 Å². The van der Waals surface area contributed by atoms with Gasteiger partial charge in [-0.2, -0.15) is 0 Å². The highest BCUT2D eigenvalue weighted by Gasteiger charge is 2.62. The minimum atomic E-state index is -3.86. The van der Waals surface area contributed by atoms with Crippen LogP contribution in [0.25, 0.3) is 21.6 Å². The summed E-state index contributed by atoms with van der Waals surface area (Å²) >= 11 is 8.29. The molecule has 13 nitrogen and oxygen atoms in total. The van der Waals surface area contributed by atoms with Crippen molar-refractivity contribution in [2.24, 2.45) is 11.7 Å². The molecule has 5 atom stereocenters. The van der Waals surface area contributed by atoms with Crippen molar-refractivity contribution < 1.29 is 32.3 Å². The van der Waals surface area contributed by atoms with Gasteiger partial charge in [0, 0.05) is 35.1 Å². The summed E-state index contributed by atoms with van der Waals surface area (Å²) in [5, 5.41) is 6.01. The van der Waals surface area contributed by atoms with E-state index in [4.69, 9.17) is 36.8 Å². The number of allylic oxidation sites excluding steroid dienone is 1. The predicted octanol–water partition coefficient (Wildman–Crippen LogP) is 5.00. The summed E-state index contributed by atoms with van der Waals surface area (Å²) in [4.78, 5) is 53.1. The Morgan fingerprint density at radius 2 is 1.91 bits per heavy atom. The number of nitrogens with one attached hydrogen (secondary N) is 2. The smallest absolute Gasteiger partial charge is 0.259 e. The maximum absolute atomic E-state index is 14.3. The molecule has 4 N–H and O–H groups in total. The van der Waals surface area contributed by atoms with Crippen molar-refractivity contribution in [1.82, 2.24) is 24.9 Å². The Hall–Kier alpha value is -3.50. The number of hydrogen-bond donors (Lipinski definition) is 3. The third-order valence-electron chi connectivity index (χ3n) is 11.0. The summed E-state index contributed by atoms with van der Waals surface area (Å²) in [6.45, 7) is 0.0648. The first-order valence-corrected chi connectivity index (χ1v) is 21.2. The number of thiazole rings is 1. The molecule has 54 heavy (non-hydrogen) atoms. The molecule has 8 rings (SSSR count). The third-order valence-corrected chi connectivity index (χ3v) is 14.0. The van der Waals surface area contributed by atoms with Crippen molar-refractivity contribution >= 4 is 74.0 Å². The van der Waals surface area contributed by atoms with Crippen LogP contribution in [0.5, 0.6) is 11.5 Å². The molecule has 4 heterocycles. The molecule has 2 aromatic heterocycles. The normalized spacial score (nSPS) is 28.1. The van der Waals surface area contributed by atoms with Crippen molar-refractivity contribution in [3.8, 4) is 22.2 Å². The van der Waals surface area contributed by atoms with Gasteiger partial charge in [-0.25, -0.2) is 18.4 Å². The Labute approximate surface area is 329 Å². The molecule has 0 spiro atoms. The summed E-state index contributed by atoms with van der Waals surface area (Å²) in [7, 11) is -2.33. The second-order valence-corrected chi connectivity index (χ2v) is 18.1. The third kappa shape index (κ3) is 7.66. The maximum atomic E-state index is 14.3. The van der Waals surface area contributed by atoms with Crippen molar-refractivity contribution in [1.29, 1.82) is 0 Å². The van der Waals surface area contributed by atoms with Gasteiger partial charge in [-0.3, -0.25) is 19.1 Å². The lowest BCUT2D eigenvalue weighted by molar-refractivity contribution is -0.140. The number of pyridine rings is 1. The van der Waals surface area contributed by atoms with Crippen LogP contribution in [-0.4, -0.2) is 83.6 Å².